The molecule has 0 saturated heterocycles. The summed E-state index contributed by atoms with van der Waals surface area (Å²) in [6.07, 6.45) is 0. The molecule has 0 spiro atoms. The molecule has 7 heavy (non-hydrogen) atoms. The molecule has 0 atom stereocenters. The van der Waals surface area contributed by atoms with Gasteiger partial charge in [0, 0.05) is 0 Å². The first kappa shape index (κ1) is 10.9. The van der Waals surface area contributed by atoms with E-state index in [-0.39, 0.29) is 0 Å². The van der Waals surface area contributed by atoms with Crippen LogP contribution in [0, 0.1) is 0 Å². The van der Waals surface area contributed by atoms with E-state index in [0.29, 0.717) is 0 Å². The summed E-state index contributed by atoms with van der Waals surface area (Å²) in [5.41, 5.74) is 0. The summed E-state index contributed by atoms with van der Waals surface area (Å²) in [7, 11) is 6.22. The summed E-state index contributed by atoms with van der Waals surface area (Å²) in [6.45, 7) is 0. The van der Waals surface area contributed by atoms with Crippen molar-refractivity contribution in [3.8, 4) is 0 Å². The van der Waals surface area contributed by atoms with Crippen LogP contribution in [-0.2, 0) is 24.1 Å². The molecule has 7 heteroatoms. The molecule has 51 valence electrons. The van der Waals surface area contributed by atoms with Crippen molar-refractivity contribution in [1.82, 2.24) is 0 Å². The molecule has 0 saturated carbocycles. The van der Waals surface area contributed by atoms with E-state index in [1.807, 2.05) is 0 Å². The van der Waals surface area contributed by atoms with Crippen molar-refractivity contribution in [2.24, 2.45) is 0 Å². The Bertz CT molecular complexity index is 71.0. The van der Waals surface area contributed by atoms with Crippen LogP contribution in [0.2, 0.25) is 0 Å². The predicted molar refractivity (Wildman–Crippen MR) is 24.6 cm³/mol. The first-order valence-corrected chi connectivity index (χ1v) is 4.51. The molecule has 0 aromatic rings. The number of hydrogen-bond acceptors (Lipinski definition) is 2. The normalized spacial score (nSPS) is 8.00. The molecular weight excluding hydrogens is 215 g/mol. The van der Waals surface area contributed by atoms with Crippen LogP contribution in [0.1, 0.15) is 0 Å². The van der Waals surface area contributed by atoms with E-state index in [1.165, 1.54) is 0 Å². The summed E-state index contributed by atoms with van der Waals surface area (Å²) < 4.78 is 24.2. The Morgan fingerprint density at radius 3 is 1.43 bits per heavy atom. The van der Waals surface area contributed by atoms with Crippen molar-refractivity contribution < 1.29 is 26.1 Å². The van der Waals surface area contributed by atoms with E-state index >= 15 is 0 Å². The van der Waals surface area contributed by atoms with E-state index in [2.05, 4.69) is 20.2 Å². The van der Waals surface area contributed by atoms with Gasteiger partial charge >= 0.3 is 33.3 Å². The van der Waals surface area contributed by atoms with Crippen molar-refractivity contribution in [3.63, 3.8) is 0 Å². The standard InChI is InChI=1S/2ClH.Cu.H2O3S/c;;;1-4(2)3/h2*1H;;4H,(H,1,2,3)/q;;+2;/p-2. The van der Waals surface area contributed by atoms with Gasteiger partial charge in [0.05, 0.1) is 0 Å². The third kappa shape index (κ3) is 173. The fourth-order valence-electron chi connectivity index (χ4n) is 0. The predicted octanol–water partition coefficient (Wildman–Crippen LogP) is 0.447. The minimum absolute atomic E-state index is 0.757. The van der Waals surface area contributed by atoms with Gasteiger partial charge in [0.25, 0.3) is 11.0 Å². The van der Waals surface area contributed by atoms with Crippen molar-refractivity contribution in [1.29, 1.82) is 0 Å². The van der Waals surface area contributed by atoms with Crippen LogP contribution < -0.4 is 0 Å². The average molecular weight is 217 g/mol. The molecule has 3 nitrogen and oxygen atoms in total. The van der Waals surface area contributed by atoms with Gasteiger partial charge in [-0.1, -0.05) is 0 Å². The molecule has 0 amide bonds. The van der Waals surface area contributed by atoms with Crippen molar-refractivity contribution in [3.05, 3.63) is 0 Å². The second-order valence-corrected chi connectivity index (χ2v) is 2.31. The number of halogens is 2. The SMILES string of the molecule is O=[SH](=O)O.[Cl][Cu][Cl]. The van der Waals surface area contributed by atoms with Gasteiger partial charge in [-0.25, -0.2) is 8.42 Å². The van der Waals surface area contributed by atoms with Gasteiger partial charge < -0.3 is 0 Å². The number of hydrogen-bond donors (Lipinski definition) is 2. The Labute approximate surface area is 57.4 Å². The molecule has 0 aliphatic carbocycles. The molecule has 0 aromatic carbocycles. The second-order valence-electron chi connectivity index (χ2n) is 0.281. The molecule has 0 rings (SSSR count). The van der Waals surface area contributed by atoms with E-state index in [1.54, 1.807) is 0 Å². The fourth-order valence-corrected chi connectivity index (χ4v) is 0. The van der Waals surface area contributed by atoms with Gasteiger partial charge in [-0.05, 0) is 0 Å². The van der Waals surface area contributed by atoms with Crippen LogP contribution in [0.15, 0.2) is 0 Å². The summed E-state index contributed by atoms with van der Waals surface area (Å²) in [5, 5.41) is 0. The quantitative estimate of drug-likeness (QED) is 0.351. The number of rotatable bonds is 0. The van der Waals surface area contributed by atoms with E-state index in [9.17, 15) is 0 Å². The average Bonchev–Trinajstić information content (AvgIpc) is 1.33. The maximum absolute atomic E-state index is 8.59. The third-order valence-electron chi connectivity index (χ3n) is 0. The molecule has 0 radical (unpaired) electrons. The van der Waals surface area contributed by atoms with E-state index in [4.69, 9.17) is 13.0 Å². The van der Waals surface area contributed by atoms with Gasteiger partial charge in [-0.15, -0.1) is 0 Å². The summed E-state index contributed by atoms with van der Waals surface area (Å²) in [4.78, 5) is 0. The van der Waals surface area contributed by atoms with Crippen molar-refractivity contribution >= 4 is 31.2 Å². The van der Waals surface area contributed by atoms with Crippen LogP contribution in [0.3, 0.4) is 0 Å². The first-order chi connectivity index (χ1) is 3.15. The Balaban J connectivity index is 0. The van der Waals surface area contributed by atoms with Gasteiger partial charge in [-0.2, -0.15) is 0 Å². The van der Waals surface area contributed by atoms with E-state index < -0.39 is 11.0 Å². The second kappa shape index (κ2) is 10.1. The molecule has 0 bridgehead atoms. The third-order valence-corrected chi connectivity index (χ3v) is 0. The van der Waals surface area contributed by atoms with Gasteiger partial charge in [0.1, 0.15) is 0 Å². The fraction of sp³-hybridized carbons (Fsp3) is 0. The van der Waals surface area contributed by atoms with Gasteiger partial charge in [0.15, 0.2) is 0 Å². The summed E-state index contributed by atoms with van der Waals surface area (Å²) in [5.74, 6) is 0. The van der Waals surface area contributed by atoms with E-state index in [0.717, 1.165) is 13.1 Å². The number of thiol groups is 1. The molecule has 0 aromatic heterocycles. The monoisotopic (exact) mass is 215 g/mol. The Morgan fingerprint density at radius 1 is 1.43 bits per heavy atom. The maximum atomic E-state index is 8.59. The molecule has 0 aliphatic rings. The van der Waals surface area contributed by atoms with Crippen LogP contribution in [0.5, 0.6) is 0 Å². The molecule has 0 heterocycles. The molecular formula is H2Cl2CuO3S. The van der Waals surface area contributed by atoms with Gasteiger partial charge in [-0.3, -0.25) is 4.55 Å². The first-order valence-electron chi connectivity index (χ1n) is 0.793. The van der Waals surface area contributed by atoms with Crippen molar-refractivity contribution in [2.45, 2.75) is 0 Å². The molecule has 0 aliphatic heterocycles. The van der Waals surface area contributed by atoms with Crippen LogP contribution in [0.4, 0.5) is 0 Å². The minimum atomic E-state index is -3.12. The topological polar surface area (TPSA) is 54.4 Å². The molecule has 1 N–H and O–H groups in total. The zero-order valence-corrected chi connectivity index (χ0v) is 6.12. The Morgan fingerprint density at radius 2 is 1.43 bits per heavy atom. The summed E-state index contributed by atoms with van der Waals surface area (Å²) >= 11 is 0.757. The Kier molecular flexibility index (Phi) is 15.7. The molecule has 0 fully saturated rings. The Hall–Kier alpha value is 1.01. The van der Waals surface area contributed by atoms with Gasteiger partial charge in [0.2, 0.25) is 0 Å². The van der Waals surface area contributed by atoms with Crippen LogP contribution in [-0.4, -0.2) is 13.0 Å². The molecule has 0 unspecified atom stereocenters. The van der Waals surface area contributed by atoms with Crippen LogP contribution in [0.25, 0.3) is 0 Å². The van der Waals surface area contributed by atoms with Crippen LogP contribution >= 0.6 is 20.2 Å². The summed E-state index contributed by atoms with van der Waals surface area (Å²) in [6, 6.07) is 0. The zero-order valence-electron chi connectivity index (χ0n) is 2.77. The van der Waals surface area contributed by atoms with Crippen molar-refractivity contribution in [2.75, 3.05) is 0 Å². The zero-order chi connectivity index (χ0) is 6.28.